The summed E-state index contributed by atoms with van der Waals surface area (Å²) in [4.78, 5) is 32.2. The van der Waals surface area contributed by atoms with E-state index in [1.54, 1.807) is 28.7 Å². The van der Waals surface area contributed by atoms with Gasteiger partial charge in [-0.3, -0.25) is 14.0 Å². The number of carbonyl (C=O) groups is 2. The first-order valence-electron chi connectivity index (χ1n) is 11.5. The number of ether oxygens (including phenoxy) is 1. The number of methoxy groups -OCH3 is 1. The van der Waals surface area contributed by atoms with Crippen LogP contribution in [0.25, 0.3) is 5.65 Å². The minimum Gasteiger partial charge on any atom is -0.380 e. The monoisotopic (exact) mass is 424 g/mol. The Bertz CT molecular complexity index is 1010. The number of rotatable bonds is 5. The summed E-state index contributed by atoms with van der Waals surface area (Å²) in [5.41, 5.74) is 1.90. The van der Waals surface area contributed by atoms with Crippen LogP contribution in [0.3, 0.4) is 0 Å². The summed E-state index contributed by atoms with van der Waals surface area (Å²) in [5, 5.41) is 3.16. The molecular weight excluding hydrogens is 392 g/mol. The lowest BCUT2D eigenvalue weighted by atomic mass is 9.45. The van der Waals surface area contributed by atoms with Gasteiger partial charge in [0.05, 0.1) is 6.10 Å². The summed E-state index contributed by atoms with van der Waals surface area (Å²) < 4.78 is 7.10. The zero-order valence-corrected chi connectivity index (χ0v) is 18.6. The van der Waals surface area contributed by atoms with Gasteiger partial charge in [0.25, 0.3) is 11.8 Å². The number of likely N-dealkylation sites (tertiary alicyclic amines) is 1. The number of hydrogen-bond donors (Lipinski definition) is 1. The normalized spacial score (nSPS) is 29.1. The summed E-state index contributed by atoms with van der Waals surface area (Å²) in [6.07, 6.45) is 6.38. The molecule has 7 nitrogen and oxygen atoms in total. The van der Waals surface area contributed by atoms with Gasteiger partial charge >= 0.3 is 0 Å². The highest BCUT2D eigenvalue weighted by Gasteiger charge is 2.53. The Morgan fingerprint density at radius 1 is 1.26 bits per heavy atom. The molecule has 0 unspecified atom stereocenters. The van der Waals surface area contributed by atoms with E-state index in [1.165, 1.54) is 19.3 Å². The maximum absolute atomic E-state index is 13.0. The number of pyridine rings is 1. The van der Waals surface area contributed by atoms with Crippen molar-refractivity contribution in [2.45, 2.75) is 45.6 Å². The molecule has 2 aromatic heterocycles. The first kappa shape index (κ1) is 20.5. The molecule has 2 bridgehead atoms. The fourth-order valence-corrected chi connectivity index (χ4v) is 6.09. The molecule has 2 aromatic rings. The van der Waals surface area contributed by atoms with Gasteiger partial charge in [0.2, 0.25) is 0 Å². The Hall–Kier alpha value is -2.41. The van der Waals surface area contributed by atoms with E-state index in [4.69, 9.17) is 4.74 Å². The van der Waals surface area contributed by atoms with Crippen LogP contribution in [0.2, 0.25) is 0 Å². The minimum atomic E-state index is -0.112. The third-order valence-electron chi connectivity index (χ3n) is 8.24. The lowest BCUT2D eigenvalue weighted by molar-refractivity contribution is -0.103. The van der Waals surface area contributed by atoms with Crippen molar-refractivity contribution in [2.24, 2.45) is 23.2 Å². The number of nitrogens with one attached hydrogen (secondary N) is 1. The highest BCUT2D eigenvalue weighted by molar-refractivity contribution is 5.95. The summed E-state index contributed by atoms with van der Waals surface area (Å²) >= 11 is 0. The second-order valence-corrected chi connectivity index (χ2v) is 10.1. The minimum absolute atomic E-state index is 0.0815. The van der Waals surface area contributed by atoms with E-state index in [-0.39, 0.29) is 17.9 Å². The lowest BCUT2D eigenvalue weighted by Gasteiger charge is -2.60. The van der Waals surface area contributed by atoms with Gasteiger partial charge in [0, 0.05) is 32.9 Å². The van der Waals surface area contributed by atoms with Gasteiger partial charge in [-0.1, -0.05) is 19.9 Å². The van der Waals surface area contributed by atoms with E-state index in [1.807, 2.05) is 12.1 Å². The molecule has 31 heavy (non-hydrogen) atoms. The van der Waals surface area contributed by atoms with Crippen molar-refractivity contribution in [2.75, 3.05) is 26.7 Å². The van der Waals surface area contributed by atoms with Gasteiger partial charge in [-0.05, 0) is 61.0 Å². The van der Waals surface area contributed by atoms with Gasteiger partial charge in [-0.15, -0.1) is 0 Å². The molecule has 166 valence electrons. The van der Waals surface area contributed by atoms with E-state index in [2.05, 4.69) is 24.1 Å². The van der Waals surface area contributed by atoms with Crippen LogP contribution in [0.4, 0.5) is 0 Å². The summed E-state index contributed by atoms with van der Waals surface area (Å²) in [6.45, 7) is 6.71. The number of nitrogens with zero attached hydrogens (tertiary/aromatic N) is 3. The fraction of sp³-hybridized carbons (Fsp3) is 0.625. The van der Waals surface area contributed by atoms with Crippen molar-refractivity contribution < 1.29 is 14.3 Å². The first-order valence-corrected chi connectivity index (χ1v) is 11.5. The molecule has 7 heteroatoms. The van der Waals surface area contributed by atoms with Crippen LogP contribution < -0.4 is 5.32 Å². The number of amides is 2. The van der Waals surface area contributed by atoms with Crippen LogP contribution in [0.5, 0.6) is 0 Å². The third kappa shape index (κ3) is 3.43. The van der Waals surface area contributed by atoms with E-state index in [9.17, 15) is 9.59 Å². The number of carbonyl (C=O) groups excluding carboxylic acids is 2. The van der Waals surface area contributed by atoms with Gasteiger partial charge in [0.1, 0.15) is 17.0 Å². The smallest absolute Gasteiger partial charge is 0.274 e. The van der Waals surface area contributed by atoms with Gasteiger partial charge < -0.3 is 15.0 Å². The Morgan fingerprint density at radius 2 is 2.10 bits per heavy atom. The lowest BCUT2D eigenvalue weighted by Crippen LogP contribution is -2.54. The average molecular weight is 425 g/mol. The molecule has 0 radical (unpaired) electrons. The fourth-order valence-electron chi connectivity index (χ4n) is 6.09. The molecule has 3 saturated carbocycles. The molecule has 1 saturated heterocycles. The zero-order chi connectivity index (χ0) is 21.8. The van der Waals surface area contributed by atoms with Crippen molar-refractivity contribution in [3.8, 4) is 0 Å². The molecule has 3 aliphatic carbocycles. The van der Waals surface area contributed by atoms with E-state index in [0.717, 1.165) is 12.3 Å². The van der Waals surface area contributed by atoms with Gasteiger partial charge in [-0.2, -0.15) is 0 Å². The maximum Gasteiger partial charge on any atom is 0.274 e. The summed E-state index contributed by atoms with van der Waals surface area (Å²) in [7, 11) is 1.67. The quantitative estimate of drug-likeness (QED) is 0.801. The van der Waals surface area contributed by atoms with Crippen LogP contribution in [0, 0.1) is 23.2 Å². The highest BCUT2D eigenvalue weighted by Crippen LogP contribution is 2.61. The molecule has 4 aliphatic rings. The van der Waals surface area contributed by atoms with Crippen molar-refractivity contribution >= 4 is 17.5 Å². The highest BCUT2D eigenvalue weighted by atomic mass is 16.5. The molecule has 0 spiro atoms. The van der Waals surface area contributed by atoms with Gasteiger partial charge in [-0.25, -0.2) is 4.98 Å². The van der Waals surface area contributed by atoms with Crippen LogP contribution in [-0.4, -0.2) is 58.9 Å². The molecular formula is C24H32N4O3. The Kier molecular flexibility index (Phi) is 5.04. The van der Waals surface area contributed by atoms with E-state index in [0.29, 0.717) is 53.9 Å². The zero-order valence-electron chi connectivity index (χ0n) is 18.6. The third-order valence-corrected chi connectivity index (χ3v) is 8.24. The van der Waals surface area contributed by atoms with Crippen LogP contribution >= 0.6 is 0 Å². The van der Waals surface area contributed by atoms with Crippen molar-refractivity contribution in [3.05, 3.63) is 35.8 Å². The summed E-state index contributed by atoms with van der Waals surface area (Å²) in [6, 6.07) is 5.44. The predicted molar refractivity (Wildman–Crippen MR) is 117 cm³/mol. The number of fused-ring (bicyclic) bond motifs is 3. The Balaban J connectivity index is 1.30. The first-order chi connectivity index (χ1) is 14.9. The second kappa shape index (κ2) is 7.62. The van der Waals surface area contributed by atoms with Crippen molar-refractivity contribution in [1.29, 1.82) is 0 Å². The largest absolute Gasteiger partial charge is 0.380 e. The molecule has 1 N–H and O–H groups in total. The molecule has 6 rings (SSSR count). The van der Waals surface area contributed by atoms with Crippen LogP contribution in [0.15, 0.2) is 24.4 Å². The van der Waals surface area contributed by atoms with Crippen molar-refractivity contribution in [1.82, 2.24) is 19.6 Å². The SMILES string of the molecule is CO[C@H]1CCN(C(=O)c2cn3c(C(=O)NC[C@@H]4CC[C@H]5C[C@@H]4C5(C)C)cccc3n2)C1. The van der Waals surface area contributed by atoms with E-state index < -0.39 is 0 Å². The maximum atomic E-state index is 13.0. The van der Waals surface area contributed by atoms with E-state index >= 15 is 0 Å². The molecule has 1 aliphatic heterocycles. The summed E-state index contributed by atoms with van der Waals surface area (Å²) in [5.74, 6) is 1.89. The molecule has 4 atom stereocenters. The average Bonchev–Trinajstić information content (AvgIpc) is 3.43. The topological polar surface area (TPSA) is 75.9 Å². The number of imidazole rings is 1. The number of hydrogen-bond acceptors (Lipinski definition) is 4. The molecule has 4 fully saturated rings. The predicted octanol–water partition coefficient (Wildman–Crippen LogP) is 3.00. The Labute approximate surface area is 183 Å². The molecule has 0 aromatic carbocycles. The standard InChI is InChI=1S/C24H32N4O3/c1-24(2)16-8-7-15(18(24)11-16)12-25-22(29)20-5-4-6-21-26-19(14-28(20)21)23(30)27-10-9-17(13-27)31-3/h4-6,14-18H,7-13H2,1-3H3,(H,25,29)/t15-,16-,17-,18-/m0/s1. The Morgan fingerprint density at radius 3 is 2.81 bits per heavy atom. The molecule has 2 amide bonds. The van der Waals surface area contributed by atoms with Crippen molar-refractivity contribution in [3.63, 3.8) is 0 Å². The van der Waals surface area contributed by atoms with Crippen LogP contribution in [0.1, 0.15) is 60.5 Å². The second-order valence-electron chi connectivity index (χ2n) is 10.1. The van der Waals surface area contributed by atoms with Crippen LogP contribution in [-0.2, 0) is 4.74 Å². The number of aromatic nitrogens is 2. The molecule has 3 heterocycles. The van der Waals surface area contributed by atoms with Gasteiger partial charge in [0.15, 0.2) is 0 Å².